The standard InChI is InChI=1S/C25H30O4/c1-19(2)22-10-7-11-23(18-22)20(3)14-16-28-24(26)12-13-25(27)29-17-15-21-8-5-4-6-9-21/h4-11,14,16,18-20H,12-13,15,17H2,1-3H3. The summed E-state index contributed by atoms with van der Waals surface area (Å²) in [5, 5.41) is 0. The van der Waals surface area contributed by atoms with Gasteiger partial charge in [-0.05, 0) is 28.7 Å². The van der Waals surface area contributed by atoms with E-state index >= 15 is 0 Å². The van der Waals surface area contributed by atoms with Crippen molar-refractivity contribution >= 4 is 11.9 Å². The molecule has 0 heterocycles. The molecule has 0 aliphatic rings. The lowest BCUT2D eigenvalue weighted by Gasteiger charge is -2.11. The van der Waals surface area contributed by atoms with Gasteiger partial charge in [-0.1, -0.05) is 75.4 Å². The first-order valence-electron chi connectivity index (χ1n) is 10.1. The third kappa shape index (κ3) is 8.34. The minimum absolute atomic E-state index is 0.00568. The Morgan fingerprint density at radius 3 is 2.31 bits per heavy atom. The summed E-state index contributed by atoms with van der Waals surface area (Å²) < 4.78 is 10.3. The second-order valence-electron chi connectivity index (χ2n) is 7.39. The van der Waals surface area contributed by atoms with E-state index < -0.39 is 5.97 Å². The predicted molar refractivity (Wildman–Crippen MR) is 115 cm³/mol. The highest BCUT2D eigenvalue weighted by atomic mass is 16.5. The van der Waals surface area contributed by atoms with Gasteiger partial charge in [0.15, 0.2) is 0 Å². The van der Waals surface area contributed by atoms with Gasteiger partial charge in [-0.2, -0.15) is 0 Å². The molecular formula is C25H30O4. The number of ether oxygens (including phenoxy) is 2. The lowest BCUT2D eigenvalue weighted by Crippen LogP contribution is -2.10. The normalized spacial score (nSPS) is 12.1. The molecule has 29 heavy (non-hydrogen) atoms. The van der Waals surface area contributed by atoms with Crippen molar-refractivity contribution in [2.75, 3.05) is 6.61 Å². The van der Waals surface area contributed by atoms with E-state index in [2.05, 4.69) is 32.0 Å². The molecule has 0 saturated heterocycles. The Hall–Kier alpha value is -2.88. The fourth-order valence-corrected chi connectivity index (χ4v) is 2.81. The molecule has 4 heteroatoms. The van der Waals surface area contributed by atoms with Gasteiger partial charge in [0, 0.05) is 12.3 Å². The van der Waals surface area contributed by atoms with Crippen molar-refractivity contribution in [1.29, 1.82) is 0 Å². The number of hydrogen-bond donors (Lipinski definition) is 0. The Bertz CT molecular complexity index is 809. The van der Waals surface area contributed by atoms with Crippen LogP contribution in [-0.4, -0.2) is 18.5 Å². The zero-order chi connectivity index (χ0) is 21.1. The zero-order valence-electron chi connectivity index (χ0n) is 17.5. The van der Waals surface area contributed by atoms with Crippen LogP contribution in [-0.2, 0) is 25.5 Å². The fourth-order valence-electron chi connectivity index (χ4n) is 2.81. The van der Waals surface area contributed by atoms with Crippen molar-refractivity contribution in [1.82, 2.24) is 0 Å². The van der Waals surface area contributed by atoms with E-state index in [1.54, 1.807) is 0 Å². The van der Waals surface area contributed by atoms with Gasteiger partial charge in [-0.3, -0.25) is 9.59 Å². The average Bonchev–Trinajstić information content (AvgIpc) is 2.73. The third-order valence-electron chi connectivity index (χ3n) is 4.70. The minimum atomic E-state index is -0.440. The van der Waals surface area contributed by atoms with Crippen LogP contribution in [0.4, 0.5) is 0 Å². The molecule has 2 aromatic carbocycles. The van der Waals surface area contributed by atoms with Gasteiger partial charge in [-0.15, -0.1) is 0 Å². The number of allylic oxidation sites excluding steroid dienone is 1. The number of carbonyl (C=O) groups is 2. The van der Waals surface area contributed by atoms with Crippen molar-refractivity contribution in [2.45, 2.75) is 51.9 Å². The Morgan fingerprint density at radius 1 is 0.897 bits per heavy atom. The van der Waals surface area contributed by atoms with E-state index in [-0.39, 0.29) is 24.7 Å². The quantitative estimate of drug-likeness (QED) is 0.392. The molecule has 0 saturated carbocycles. The number of carbonyl (C=O) groups excluding carboxylic acids is 2. The maximum atomic E-state index is 11.8. The van der Waals surface area contributed by atoms with Crippen LogP contribution in [0.1, 0.15) is 62.1 Å². The first-order valence-corrected chi connectivity index (χ1v) is 10.1. The molecule has 0 aromatic heterocycles. The zero-order valence-corrected chi connectivity index (χ0v) is 17.5. The predicted octanol–water partition coefficient (Wildman–Crippen LogP) is 5.54. The van der Waals surface area contributed by atoms with E-state index in [0.717, 1.165) is 5.56 Å². The molecule has 1 unspecified atom stereocenters. The number of rotatable bonds is 10. The summed E-state index contributed by atoms with van der Waals surface area (Å²) in [5.74, 6) is -0.231. The fraction of sp³-hybridized carbons (Fsp3) is 0.360. The summed E-state index contributed by atoms with van der Waals surface area (Å²) in [6.45, 7) is 6.68. The summed E-state index contributed by atoms with van der Waals surface area (Å²) >= 11 is 0. The minimum Gasteiger partial charge on any atom is -0.465 e. The van der Waals surface area contributed by atoms with Crippen LogP contribution >= 0.6 is 0 Å². The first kappa shape index (κ1) is 22.4. The highest BCUT2D eigenvalue weighted by Crippen LogP contribution is 2.22. The molecule has 154 valence electrons. The van der Waals surface area contributed by atoms with Crippen molar-refractivity contribution in [3.8, 4) is 0 Å². The van der Waals surface area contributed by atoms with E-state index in [0.29, 0.717) is 18.9 Å². The van der Waals surface area contributed by atoms with Crippen molar-refractivity contribution in [3.05, 3.63) is 83.6 Å². The molecule has 0 spiro atoms. The van der Waals surface area contributed by atoms with Crippen molar-refractivity contribution in [3.63, 3.8) is 0 Å². The summed E-state index contributed by atoms with van der Waals surface area (Å²) in [6, 6.07) is 18.2. The first-order chi connectivity index (χ1) is 14.0. The summed E-state index contributed by atoms with van der Waals surface area (Å²) in [4.78, 5) is 23.6. The molecule has 0 aliphatic carbocycles. The van der Waals surface area contributed by atoms with Gasteiger partial charge in [0.1, 0.15) is 0 Å². The average molecular weight is 395 g/mol. The van der Waals surface area contributed by atoms with Gasteiger partial charge >= 0.3 is 11.9 Å². The molecule has 0 bridgehead atoms. The van der Waals surface area contributed by atoms with Gasteiger partial charge < -0.3 is 9.47 Å². The molecule has 2 rings (SSSR count). The Kier molecular flexibility index (Phi) is 9.16. The highest BCUT2D eigenvalue weighted by molar-refractivity contribution is 5.77. The number of benzene rings is 2. The number of hydrogen-bond acceptors (Lipinski definition) is 4. The van der Waals surface area contributed by atoms with Crippen LogP contribution in [0, 0.1) is 0 Å². The topological polar surface area (TPSA) is 52.6 Å². The molecule has 0 amide bonds. The SMILES string of the molecule is CC(C)c1cccc(C(C)C=COC(=O)CCC(=O)OCCc2ccccc2)c1. The Morgan fingerprint density at radius 2 is 1.59 bits per heavy atom. The lowest BCUT2D eigenvalue weighted by molar-refractivity contribution is -0.147. The monoisotopic (exact) mass is 394 g/mol. The highest BCUT2D eigenvalue weighted by Gasteiger charge is 2.09. The third-order valence-corrected chi connectivity index (χ3v) is 4.70. The molecular weight excluding hydrogens is 364 g/mol. The van der Waals surface area contributed by atoms with Crippen molar-refractivity contribution in [2.24, 2.45) is 0 Å². The van der Waals surface area contributed by atoms with Gasteiger partial charge in [-0.25, -0.2) is 0 Å². The molecule has 0 aliphatic heterocycles. The molecule has 1 atom stereocenters. The largest absolute Gasteiger partial charge is 0.465 e. The van der Waals surface area contributed by atoms with Crippen LogP contribution in [0.5, 0.6) is 0 Å². The van der Waals surface area contributed by atoms with Gasteiger partial charge in [0.25, 0.3) is 0 Å². The van der Waals surface area contributed by atoms with E-state index in [1.807, 2.05) is 49.4 Å². The molecule has 0 radical (unpaired) electrons. The summed E-state index contributed by atoms with van der Waals surface area (Å²) in [5.41, 5.74) is 3.56. The summed E-state index contributed by atoms with van der Waals surface area (Å²) in [7, 11) is 0. The van der Waals surface area contributed by atoms with Crippen LogP contribution in [0.25, 0.3) is 0 Å². The van der Waals surface area contributed by atoms with Crippen molar-refractivity contribution < 1.29 is 19.1 Å². The van der Waals surface area contributed by atoms with E-state index in [1.165, 1.54) is 17.4 Å². The maximum absolute atomic E-state index is 11.8. The van der Waals surface area contributed by atoms with Gasteiger partial charge in [0.2, 0.25) is 0 Å². The molecule has 0 N–H and O–H groups in total. The Balaban J connectivity index is 1.67. The maximum Gasteiger partial charge on any atom is 0.311 e. The lowest BCUT2D eigenvalue weighted by atomic mass is 9.95. The van der Waals surface area contributed by atoms with Crippen LogP contribution in [0.2, 0.25) is 0 Å². The molecule has 4 nitrogen and oxygen atoms in total. The van der Waals surface area contributed by atoms with E-state index in [4.69, 9.17) is 9.47 Å². The van der Waals surface area contributed by atoms with E-state index in [9.17, 15) is 9.59 Å². The molecule has 0 fully saturated rings. The van der Waals surface area contributed by atoms with Crippen LogP contribution < -0.4 is 0 Å². The van der Waals surface area contributed by atoms with Crippen LogP contribution in [0.15, 0.2) is 66.9 Å². The number of esters is 2. The smallest absolute Gasteiger partial charge is 0.311 e. The second-order valence-corrected chi connectivity index (χ2v) is 7.39. The Labute approximate surface area is 173 Å². The second kappa shape index (κ2) is 11.8. The summed E-state index contributed by atoms with van der Waals surface area (Å²) in [6.07, 6.45) is 3.94. The van der Waals surface area contributed by atoms with Crippen LogP contribution in [0.3, 0.4) is 0 Å². The molecule has 2 aromatic rings. The van der Waals surface area contributed by atoms with Gasteiger partial charge in [0.05, 0.1) is 25.7 Å².